The number of carbonyl (C=O) groups excluding carboxylic acids is 2. The fraction of sp³-hybridized carbons (Fsp3) is 0.412. The predicted octanol–water partition coefficient (Wildman–Crippen LogP) is 3.64. The summed E-state index contributed by atoms with van der Waals surface area (Å²) in [4.78, 5) is 23.6. The summed E-state index contributed by atoms with van der Waals surface area (Å²) in [6.07, 6.45) is 0.745. The molecular weight excluding hydrogens is 266 g/mol. The van der Waals surface area contributed by atoms with Gasteiger partial charge in [0.2, 0.25) is 0 Å². The molecule has 3 atom stereocenters. The van der Waals surface area contributed by atoms with Crippen molar-refractivity contribution < 1.29 is 14.3 Å². The van der Waals surface area contributed by atoms with E-state index in [9.17, 15) is 9.59 Å². The minimum Gasteiger partial charge on any atom is -0.441 e. The van der Waals surface area contributed by atoms with Crippen LogP contribution in [0.25, 0.3) is 0 Å². The van der Waals surface area contributed by atoms with Crippen LogP contribution in [0.2, 0.25) is 0 Å². The van der Waals surface area contributed by atoms with Crippen molar-refractivity contribution in [1.29, 1.82) is 0 Å². The minimum atomic E-state index is -0.611. The van der Waals surface area contributed by atoms with Gasteiger partial charge in [0.05, 0.1) is 12.0 Å². The summed E-state index contributed by atoms with van der Waals surface area (Å²) in [7, 11) is 0. The summed E-state index contributed by atoms with van der Waals surface area (Å²) in [5, 5.41) is 2.75. The second kappa shape index (κ2) is 8.25. The van der Waals surface area contributed by atoms with E-state index in [1.54, 1.807) is 13.8 Å². The van der Waals surface area contributed by atoms with Crippen molar-refractivity contribution >= 4 is 11.9 Å². The van der Waals surface area contributed by atoms with Gasteiger partial charge in [-0.25, -0.2) is 4.79 Å². The zero-order valence-electron chi connectivity index (χ0n) is 12.8. The van der Waals surface area contributed by atoms with Gasteiger partial charge in [0.25, 0.3) is 0 Å². The van der Waals surface area contributed by atoms with E-state index in [2.05, 4.69) is 11.9 Å². The van der Waals surface area contributed by atoms with Crippen molar-refractivity contribution in [3.8, 4) is 0 Å². The molecule has 0 aliphatic heterocycles. The van der Waals surface area contributed by atoms with E-state index < -0.39 is 12.2 Å². The average Bonchev–Trinajstić information content (AvgIpc) is 2.51. The van der Waals surface area contributed by atoms with Gasteiger partial charge in [-0.3, -0.25) is 4.79 Å². The van der Waals surface area contributed by atoms with Gasteiger partial charge in [0, 0.05) is 6.42 Å². The number of carbonyl (C=O) groups is 2. The monoisotopic (exact) mass is 289 g/mol. The van der Waals surface area contributed by atoms with Gasteiger partial charge in [-0.1, -0.05) is 56.8 Å². The highest BCUT2D eigenvalue weighted by Crippen LogP contribution is 2.15. The number of hydrogen-bond acceptors (Lipinski definition) is 3. The molecule has 0 fully saturated rings. The normalized spacial score (nSPS) is 14.6. The number of Topliss-reactive ketones (excluding diaryl/α,β-unsaturated/α-hetero) is 1. The molecule has 21 heavy (non-hydrogen) atoms. The van der Waals surface area contributed by atoms with Crippen molar-refractivity contribution in [2.24, 2.45) is 5.92 Å². The molecule has 1 unspecified atom stereocenters. The van der Waals surface area contributed by atoms with Gasteiger partial charge < -0.3 is 10.1 Å². The largest absolute Gasteiger partial charge is 0.441 e. The molecule has 1 rings (SSSR count). The molecule has 0 radical (unpaired) electrons. The van der Waals surface area contributed by atoms with Crippen molar-refractivity contribution in [2.45, 2.75) is 39.3 Å². The SMILES string of the molecule is C=C[C@@H](OC(=O)NC(C)c1ccccc1)[C@@H](C)C(=O)CC. The Bertz CT molecular complexity index is 484. The average molecular weight is 289 g/mol. The third-order valence-electron chi connectivity index (χ3n) is 3.46. The van der Waals surface area contributed by atoms with Crippen LogP contribution in [0.1, 0.15) is 38.8 Å². The lowest BCUT2D eigenvalue weighted by molar-refractivity contribution is -0.124. The van der Waals surface area contributed by atoms with Crippen LogP contribution in [0.15, 0.2) is 43.0 Å². The summed E-state index contributed by atoms with van der Waals surface area (Å²) in [5.41, 5.74) is 0.988. The third kappa shape index (κ3) is 5.06. The Morgan fingerprint density at radius 3 is 2.43 bits per heavy atom. The first-order chi connectivity index (χ1) is 9.99. The fourth-order valence-corrected chi connectivity index (χ4v) is 2.02. The van der Waals surface area contributed by atoms with Crippen LogP contribution in [0.5, 0.6) is 0 Å². The first-order valence-corrected chi connectivity index (χ1v) is 7.17. The standard InChI is InChI=1S/C17H23NO3/c1-5-15(19)12(3)16(6-2)21-17(20)18-13(4)14-10-8-7-9-11-14/h6-13,16H,2,5H2,1,3-4H3,(H,18,20)/t12-,13?,16+/m0/s1. The van der Waals surface area contributed by atoms with Gasteiger partial charge in [-0.05, 0) is 12.5 Å². The lowest BCUT2D eigenvalue weighted by atomic mass is 9.98. The molecule has 0 aliphatic carbocycles. The second-order valence-electron chi connectivity index (χ2n) is 4.99. The van der Waals surface area contributed by atoms with Crippen molar-refractivity contribution in [3.63, 3.8) is 0 Å². The highest BCUT2D eigenvalue weighted by molar-refractivity contribution is 5.81. The van der Waals surface area contributed by atoms with Crippen molar-refractivity contribution in [2.75, 3.05) is 0 Å². The van der Waals surface area contributed by atoms with E-state index in [4.69, 9.17) is 4.74 Å². The molecule has 0 saturated heterocycles. The Balaban J connectivity index is 2.59. The number of ether oxygens (including phenoxy) is 1. The molecule has 0 aliphatic rings. The van der Waals surface area contributed by atoms with E-state index in [1.165, 1.54) is 6.08 Å². The highest BCUT2D eigenvalue weighted by atomic mass is 16.6. The molecule has 1 amide bonds. The summed E-state index contributed by atoms with van der Waals surface area (Å²) < 4.78 is 5.29. The number of amides is 1. The molecule has 0 saturated carbocycles. The van der Waals surface area contributed by atoms with E-state index in [0.717, 1.165) is 5.56 Å². The minimum absolute atomic E-state index is 0.0452. The summed E-state index contributed by atoms with van der Waals surface area (Å²) in [6.45, 7) is 9.04. The maximum absolute atomic E-state index is 11.9. The number of alkyl carbamates (subject to hydrolysis) is 1. The molecule has 1 aromatic carbocycles. The maximum atomic E-state index is 11.9. The zero-order valence-corrected chi connectivity index (χ0v) is 12.8. The number of nitrogens with one attached hydrogen (secondary N) is 1. The van der Waals surface area contributed by atoms with Gasteiger partial charge in [0.1, 0.15) is 11.9 Å². The second-order valence-corrected chi connectivity index (χ2v) is 4.99. The Morgan fingerprint density at radius 2 is 1.90 bits per heavy atom. The molecule has 1 aromatic rings. The van der Waals surface area contributed by atoms with E-state index in [1.807, 2.05) is 37.3 Å². The lowest BCUT2D eigenvalue weighted by Gasteiger charge is -2.21. The molecule has 4 heteroatoms. The molecule has 0 spiro atoms. The van der Waals surface area contributed by atoms with Crippen LogP contribution in [0.4, 0.5) is 4.79 Å². The van der Waals surface area contributed by atoms with Crippen LogP contribution in [-0.4, -0.2) is 18.0 Å². The summed E-state index contributed by atoms with van der Waals surface area (Å²) in [6, 6.07) is 9.43. The third-order valence-corrected chi connectivity index (χ3v) is 3.46. The Kier molecular flexibility index (Phi) is 6.66. The van der Waals surface area contributed by atoms with Gasteiger partial charge >= 0.3 is 6.09 Å². The fourth-order valence-electron chi connectivity index (χ4n) is 2.02. The van der Waals surface area contributed by atoms with Gasteiger partial charge in [-0.2, -0.15) is 0 Å². The topological polar surface area (TPSA) is 55.4 Å². The maximum Gasteiger partial charge on any atom is 0.408 e. The summed E-state index contributed by atoms with van der Waals surface area (Å²) >= 11 is 0. The molecular formula is C17H23NO3. The Labute approximate surface area is 126 Å². The van der Waals surface area contributed by atoms with Crippen LogP contribution >= 0.6 is 0 Å². The molecule has 0 heterocycles. The number of rotatable bonds is 7. The quantitative estimate of drug-likeness (QED) is 0.780. The number of ketones is 1. The number of hydrogen-bond donors (Lipinski definition) is 1. The predicted molar refractivity (Wildman–Crippen MR) is 82.9 cm³/mol. The van der Waals surface area contributed by atoms with E-state index in [0.29, 0.717) is 6.42 Å². The number of benzene rings is 1. The lowest BCUT2D eigenvalue weighted by Crippen LogP contribution is -2.35. The van der Waals surface area contributed by atoms with Crippen molar-refractivity contribution in [1.82, 2.24) is 5.32 Å². The van der Waals surface area contributed by atoms with Crippen LogP contribution in [-0.2, 0) is 9.53 Å². The summed E-state index contributed by atoms with van der Waals surface area (Å²) in [5.74, 6) is -0.339. The van der Waals surface area contributed by atoms with Gasteiger partial charge in [0.15, 0.2) is 0 Å². The molecule has 1 N–H and O–H groups in total. The Hall–Kier alpha value is -2.10. The first-order valence-electron chi connectivity index (χ1n) is 7.17. The molecule has 4 nitrogen and oxygen atoms in total. The molecule has 0 aromatic heterocycles. The smallest absolute Gasteiger partial charge is 0.408 e. The highest BCUT2D eigenvalue weighted by Gasteiger charge is 2.24. The molecule has 114 valence electrons. The van der Waals surface area contributed by atoms with Crippen LogP contribution in [0.3, 0.4) is 0 Å². The zero-order chi connectivity index (χ0) is 15.8. The Morgan fingerprint density at radius 1 is 1.29 bits per heavy atom. The van der Waals surface area contributed by atoms with E-state index in [-0.39, 0.29) is 17.7 Å². The van der Waals surface area contributed by atoms with Crippen LogP contribution < -0.4 is 5.32 Å². The van der Waals surface area contributed by atoms with Crippen molar-refractivity contribution in [3.05, 3.63) is 48.6 Å². The first kappa shape index (κ1) is 17.0. The van der Waals surface area contributed by atoms with Crippen LogP contribution in [0, 0.1) is 5.92 Å². The van der Waals surface area contributed by atoms with E-state index >= 15 is 0 Å². The van der Waals surface area contributed by atoms with Gasteiger partial charge in [-0.15, -0.1) is 0 Å². The molecule has 0 bridgehead atoms.